The zero-order valence-corrected chi connectivity index (χ0v) is 12.8. The van der Waals surface area contributed by atoms with Gasteiger partial charge in [0.1, 0.15) is 0 Å². The van der Waals surface area contributed by atoms with E-state index in [4.69, 9.17) is 0 Å². The molecule has 0 saturated heterocycles. The van der Waals surface area contributed by atoms with Crippen molar-refractivity contribution in [3.05, 3.63) is 71.3 Å². The summed E-state index contributed by atoms with van der Waals surface area (Å²) in [6.07, 6.45) is 2.17. The molecular formula is C19H25N. The van der Waals surface area contributed by atoms with Crippen LogP contribution >= 0.6 is 0 Å². The Morgan fingerprint density at radius 1 is 0.850 bits per heavy atom. The number of benzene rings is 2. The van der Waals surface area contributed by atoms with E-state index in [9.17, 15) is 0 Å². The van der Waals surface area contributed by atoms with Crippen LogP contribution in [0.3, 0.4) is 0 Å². The van der Waals surface area contributed by atoms with E-state index < -0.39 is 0 Å². The number of rotatable bonds is 6. The van der Waals surface area contributed by atoms with Gasteiger partial charge in [-0.3, -0.25) is 0 Å². The van der Waals surface area contributed by atoms with Crippen LogP contribution in [0.25, 0.3) is 0 Å². The van der Waals surface area contributed by atoms with Crippen LogP contribution in [0.1, 0.15) is 43.5 Å². The molecule has 106 valence electrons. The maximum absolute atomic E-state index is 3.68. The first kappa shape index (κ1) is 14.8. The first-order valence-corrected chi connectivity index (χ1v) is 7.58. The Kier molecular flexibility index (Phi) is 5.37. The van der Waals surface area contributed by atoms with E-state index in [1.54, 1.807) is 0 Å². The molecule has 0 aliphatic heterocycles. The van der Waals surface area contributed by atoms with Gasteiger partial charge in [-0.2, -0.15) is 0 Å². The van der Waals surface area contributed by atoms with Crippen LogP contribution in [0.15, 0.2) is 54.6 Å². The summed E-state index contributed by atoms with van der Waals surface area (Å²) in [4.78, 5) is 0. The van der Waals surface area contributed by atoms with Crippen LogP contribution in [0.5, 0.6) is 0 Å². The molecule has 1 N–H and O–H groups in total. The average Bonchev–Trinajstić information content (AvgIpc) is 2.48. The second-order valence-corrected chi connectivity index (χ2v) is 5.57. The van der Waals surface area contributed by atoms with E-state index in [0.717, 1.165) is 12.8 Å². The Morgan fingerprint density at radius 3 is 2.10 bits per heavy atom. The van der Waals surface area contributed by atoms with Gasteiger partial charge in [-0.1, -0.05) is 61.5 Å². The molecule has 2 unspecified atom stereocenters. The normalized spacial score (nSPS) is 13.9. The standard InChI is InChI=1S/C19H25N/c1-4-17-10-12-19(13-11-17)16(3)20-15(2)14-18-8-6-5-7-9-18/h5-13,15-16,20H,4,14H2,1-3H3. The monoisotopic (exact) mass is 267 g/mol. The third kappa shape index (κ3) is 4.21. The van der Waals surface area contributed by atoms with Gasteiger partial charge in [0.05, 0.1) is 0 Å². The minimum atomic E-state index is 0.389. The molecule has 2 aromatic rings. The second kappa shape index (κ2) is 7.25. The SMILES string of the molecule is CCc1ccc(C(C)NC(C)Cc2ccccc2)cc1. The van der Waals surface area contributed by atoms with Crippen molar-refractivity contribution >= 4 is 0 Å². The summed E-state index contributed by atoms with van der Waals surface area (Å²) < 4.78 is 0. The van der Waals surface area contributed by atoms with Crippen LogP contribution in [0.2, 0.25) is 0 Å². The summed E-state index contributed by atoms with van der Waals surface area (Å²) in [5, 5.41) is 3.68. The number of aryl methyl sites for hydroxylation is 1. The van der Waals surface area contributed by atoms with Gasteiger partial charge in [0.2, 0.25) is 0 Å². The first-order chi connectivity index (χ1) is 9.69. The Labute approximate surface area is 123 Å². The molecule has 2 atom stereocenters. The molecule has 2 rings (SSSR count). The van der Waals surface area contributed by atoms with Gasteiger partial charge < -0.3 is 5.32 Å². The first-order valence-electron chi connectivity index (χ1n) is 7.58. The molecule has 20 heavy (non-hydrogen) atoms. The molecule has 0 fully saturated rings. The average molecular weight is 267 g/mol. The third-order valence-electron chi connectivity index (χ3n) is 3.81. The Hall–Kier alpha value is -1.60. The van der Waals surface area contributed by atoms with Gasteiger partial charge in [-0.05, 0) is 43.4 Å². The van der Waals surface area contributed by atoms with Gasteiger partial charge in [0.15, 0.2) is 0 Å². The highest BCUT2D eigenvalue weighted by atomic mass is 14.9. The molecule has 0 aliphatic carbocycles. The Bertz CT molecular complexity index is 501. The van der Waals surface area contributed by atoms with E-state index in [1.165, 1.54) is 16.7 Å². The zero-order valence-electron chi connectivity index (χ0n) is 12.8. The molecule has 0 saturated carbocycles. The zero-order chi connectivity index (χ0) is 14.4. The molecule has 1 heteroatoms. The molecule has 0 heterocycles. The second-order valence-electron chi connectivity index (χ2n) is 5.57. The molecule has 1 nitrogen and oxygen atoms in total. The van der Waals surface area contributed by atoms with Gasteiger partial charge in [-0.15, -0.1) is 0 Å². The lowest BCUT2D eigenvalue weighted by molar-refractivity contribution is 0.477. The summed E-state index contributed by atoms with van der Waals surface area (Å²) in [6.45, 7) is 6.69. The molecule has 0 bridgehead atoms. The van der Waals surface area contributed by atoms with Crippen LogP contribution in [-0.4, -0.2) is 6.04 Å². The van der Waals surface area contributed by atoms with Gasteiger partial charge in [0, 0.05) is 12.1 Å². The van der Waals surface area contributed by atoms with Crippen LogP contribution < -0.4 is 5.32 Å². The van der Waals surface area contributed by atoms with E-state index in [-0.39, 0.29) is 0 Å². The van der Waals surface area contributed by atoms with Crippen molar-refractivity contribution in [2.45, 2.75) is 45.7 Å². The minimum Gasteiger partial charge on any atom is -0.307 e. The van der Waals surface area contributed by atoms with Crippen molar-refractivity contribution in [3.63, 3.8) is 0 Å². The van der Waals surface area contributed by atoms with E-state index in [0.29, 0.717) is 12.1 Å². The van der Waals surface area contributed by atoms with Crippen molar-refractivity contribution in [3.8, 4) is 0 Å². The van der Waals surface area contributed by atoms with E-state index >= 15 is 0 Å². The number of hydrogen-bond acceptors (Lipinski definition) is 1. The molecular weight excluding hydrogens is 242 g/mol. The summed E-state index contributed by atoms with van der Waals surface area (Å²) in [5.41, 5.74) is 4.15. The molecule has 0 aliphatic rings. The lowest BCUT2D eigenvalue weighted by atomic mass is 10.0. The lowest BCUT2D eigenvalue weighted by Crippen LogP contribution is -2.30. The highest BCUT2D eigenvalue weighted by molar-refractivity contribution is 5.25. The van der Waals surface area contributed by atoms with Crippen molar-refractivity contribution in [1.82, 2.24) is 5.32 Å². The maximum Gasteiger partial charge on any atom is 0.0294 e. The fourth-order valence-electron chi connectivity index (χ4n) is 2.59. The predicted molar refractivity (Wildman–Crippen MR) is 87.0 cm³/mol. The third-order valence-corrected chi connectivity index (χ3v) is 3.81. The highest BCUT2D eigenvalue weighted by Crippen LogP contribution is 2.15. The van der Waals surface area contributed by atoms with Gasteiger partial charge in [0.25, 0.3) is 0 Å². The maximum atomic E-state index is 3.68. The molecule has 0 spiro atoms. The van der Waals surface area contributed by atoms with Crippen molar-refractivity contribution in [2.24, 2.45) is 0 Å². The van der Waals surface area contributed by atoms with E-state index in [2.05, 4.69) is 80.7 Å². The Morgan fingerprint density at radius 2 is 1.50 bits per heavy atom. The summed E-state index contributed by atoms with van der Waals surface area (Å²) in [5.74, 6) is 0. The largest absolute Gasteiger partial charge is 0.307 e. The van der Waals surface area contributed by atoms with Gasteiger partial charge in [-0.25, -0.2) is 0 Å². The summed E-state index contributed by atoms with van der Waals surface area (Å²) in [7, 11) is 0. The van der Waals surface area contributed by atoms with Crippen LogP contribution in [0, 0.1) is 0 Å². The molecule has 0 radical (unpaired) electrons. The van der Waals surface area contributed by atoms with Crippen LogP contribution in [-0.2, 0) is 12.8 Å². The number of nitrogens with one attached hydrogen (secondary N) is 1. The topological polar surface area (TPSA) is 12.0 Å². The van der Waals surface area contributed by atoms with Crippen molar-refractivity contribution in [1.29, 1.82) is 0 Å². The fourth-order valence-corrected chi connectivity index (χ4v) is 2.59. The predicted octanol–water partition coefficient (Wildman–Crippen LogP) is 4.53. The molecule has 2 aromatic carbocycles. The smallest absolute Gasteiger partial charge is 0.0294 e. The minimum absolute atomic E-state index is 0.389. The molecule has 0 aromatic heterocycles. The summed E-state index contributed by atoms with van der Waals surface area (Å²) in [6, 6.07) is 20.5. The highest BCUT2D eigenvalue weighted by Gasteiger charge is 2.09. The fraction of sp³-hybridized carbons (Fsp3) is 0.368. The van der Waals surface area contributed by atoms with Crippen molar-refractivity contribution in [2.75, 3.05) is 0 Å². The van der Waals surface area contributed by atoms with Gasteiger partial charge >= 0.3 is 0 Å². The quantitative estimate of drug-likeness (QED) is 0.810. The van der Waals surface area contributed by atoms with E-state index in [1.807, 2.05) is 0 Å². The van der Waals surface area contributed by atoms with Crippen LogP contribution in [0.4, 0.5) is 0 Å². The summed E-state index contributed by atoms with van der Waals surface area (Å²) >= 11 is 0. The van der Waals surface area contributed by atoms with Crippen molar-refractivity contribution < 1.29 is 0 Å². The lowest BCUT2D eigenvalue weighted by Gasteiger charge is -2.20. The molecule has 0 amide bonds. The number of hydrogen-bond donors (Lipinski definition) is 1. The Balaban J connectivity index is 1.91.